The van der Waals surface area contributed by atoms with E-state index in [1.165, 1.54) is 141 Å². The molecule has 2 aromatic rings. The van der Waals surface area contributed by atoms with Gasteiger partial charge in [-0.25, -0.2) is 0 Å². The number of nitrogens with one attached hydrogen (secondary N) is 2. The summed E-state index contributed by atoms with van der Waals surface area (Å²) in [6, 6.07) is 14.2. The van der Waals surface area contributed by atoms with E-state index in [4.69, 9.17) is 14.2 Å². The summed E-state index contributed by atoms with van der Waals surface area (Å²) in [5.41, 5.74) is 1.26. The molecule has 9 heteroatoms. The molecule has 0 saturated carbocycles. The van der Waals surface area contributed by atoms with Crippen LogP contribution in [0, 0.1) is 23.7 Å². The van der Waals surface area contributed by atoms with E-state index in [0.717, 1.165) is 38.5 Å². The van der Waals surface area contributed by atoms with Crippen molar-refractivity contribution in [2.75, 3.05) is 23.8 Å². The van der Waals surface area contributed by atoms with Crippen LogP contribution in [0.25, 0.3) is 0 Å². The fourth-order valence-corrected chi connectivity index (χ4v) is 8.68. The standard InChI is InChI=1S/C62H100N2O7/c1-7-9-11-13-15-17-19-21-23-25-27-29-31-33-35-37-47-69-61(67)53(5)49-51(3)59(65)63-55-39-43-57(44-40-55)71-58-45-41-56(42-46-58)64-60(66)52(4)50-54(6)62(68)70-48-38-36-34-32-30-28-26-24-22-20-18-16-14-12-10-8-2/h21-24,39-46,51-54H,7-20,25-38,47-50H2,1-6H3,(H,63,65)(H,64,66)/b23-21+,24-22+. The number of benzene rings is 2. The number of carbonyl (C=O) groups excluding carboxylic acids is 4. The first-order valence-corrected chi connectivity index (χ1v) is 28.7. The summed E-state index contributed by atoms with van der Waals surface area (Å²) >= 11 is 0. The van der Waals surface area contributed by atoms with Crippen molar-refractivity contribution in [3.63, 3.8) is 0 Å². The molecule has 2 aromatic carbocycles. The first-order chi connectivity index (χ1) is 34.5. The second kappa shape index (κ2) is 42.1. The molecule has 0 aliphatic heterocycles. The van der Waals surface area contributed by atoms with Crippen LogP contribution in [-0.2, 0) is 28.7 Å². The number of amides is 2. The van der Waals surface area contributed by atoms with Gasteiger partial charge in [-0.1, -0.05) is 181 Å². The summed E-state index contributed by atoms with van der Waals surface area (Å²) in [4.78, 5) is 51.3. The lowest BCUT2D eigenvalue weighted by Crippen LogP contribution is -2.25. The summed E-state index contributed by atoms with van der Waals surface area (Å²) in [5, 5.41) is 5.89. The Hall–Kier alpha value is -4.40. The van der Waals surface area contributed by atoms with Gasteiger partial charge in [0, 0.05) is 23.2 Å². The fraction of sp³-hybridized carbons (Fsp3) is 0.677. The van der Waals surface area contributed by atoms with E-state index in [-0.39, 0.29) is 47.4 Å². The normalized spacial score (nSPS) is 13.2. The minimum absolute atomic E-state index is 0.160. The van der Waals surface area contributed by atoms with Crippen molar-refractivity contribution >= 4 is 35.1 Å². The lowest BCUT2D eigenvalue weighted by molar-refractivity contribution is -0.149. The lowest BCUT2D eigenvalue weighted by atomic mass is 9.96. The molecule has 71 heavy (non-hydrogen) atoms. The van der Waals surface area contributed by atoms with Gasteiger partial charge in [0.15, 0.2) is 0 Å². The van der Waals surface area contributed by atoms with Crippen molar-refractivity contribution in [2.24, 2.45) is 23.7 Å². The highest BCUT2D eigenvalue weighted by Gasteiger charge is 2.23. The van der Waals surface area contributed by atoms with Gasteiger partial charge in [-0.15, -0.1) is 0 Å². The Morgan fingerprint density at radius 2 is 0.676 bits per heavy atom. The summed E-state index contributed by atoms with van der Waals surface area (Å²) in [6.45, 7) is 12.7. The molecule has 0 heterocycles. The highest BCUT2D eigenvalue weighted by Crippen LogP contribution is 2.26. The molecule has 0 aliphatic rings. The van der Waals surface area contributed by atoms with E-state index in [1.54, 1.807) is 48.5 Å². The SMILES string of the molecule is CCCCCCCC/C=C/CCCCCCCCOC(=O)C(C)CC(C)C(=O)Nc1ccc(Oc2ccc(NC(=O)C(C)CC(C)C(=O)OCCCCCCCC/C=C/CCCCCCCC)cc2)cc1. The Morgan fingerprint density at radius 3 is 0.986 bits per heavy atom. The van der Waals surface area contributed by atoms with E-state index >= 15 is 0 Å². The van der Waals surface area contributed by atoms with Crippen molar-refractivity contribution in [2.45, 2.75) is 234 Å². The van der Waals surface area contributed by atoms with Gasteiger partial charge in [-0.05, 0) is 126 Å². The van der Waals surface area contributed by atoms with Crippen LogP contribution in [-0.4, -0.2) is 37.0 Å². The molecule has 2 rings (SSSR count). The molecule has 0 bridgehead atoms. The number of allylic oxidation sites excluding steroid dienone is 4. The molecule has 0 spiro atoms. The Morgan fingerprint density at radius 1 is 0.394 bits per heavy atom. The molecule has 0 aliphatic carbocycles. The quantitative estimate of drug-likeness (QED) is 0.0385. The van der Waals surface area contributed by atoms with E-state index < -0.39 is 0 Å². The monoisotopic (exact) mass is 985 g/mol. The van der Waals surface area contributed by atoms with Crippen molar-refractivity contribution in [3.8, 4) is 11.5 Å². The van der Waals surface area contributed by atoms with Gasteiger partial charge in [-0.2, -0.15) is 0 Å². The number of ether oxygens (including phenoxy) is 3. The molecule has 0 fully saturated rings. The molecule has 9 nitrogen and oxygen atoms in total. The lowest BCUT2D eigenvalue weighted by Gasteiger charge is -2.17. The smallest absolute Gasteiger partial charge is 0.308 e. The average molecular weight is 985 g/mol. The first kappa shape index (κ1) is 62.7. The predicted molar refractivity (Wildman–Crippen MR) is 297 cm³/mol. The van der Waals surface area contributed by atoms with E-state index in [1.807, 2.05) is 27.7 Å². The van der Waals surface area contributed by atoms with Crippen LogP contribution in [0.5, 0.6) is 11.5 Å². The fourth-order valence-electron chi connectivity index (χ4n) is 8.68. The van der Waals surface area contributed by atoms with Crippen LogP contribution < -0.4 is 15.4 Å². The number of unbranched alkanes of at least 4 members (excludes halogenated alkanes) is 24. The van der Waals surface area contributed by atoms with Crippen LogP contribution in [0.15, 0.2) is 72.8 Å². The molecule has 2 amide bonds. The van der Waals surface area contributed by atoms with E-state index in [9.17, 15) is 19.2 Å². The number of carbonyl (C=O) groups is 4. The maximum Gasteiger partial charge on any atom is 0.308 e. The summed E-state index contributed by atoms with van der Waals surface area (Å²) in [7, 11) is 0. The summed E-state index contributed by atoms with van der Waals surface area (Å²) < 4.78 is 17.1. The molecule has 400 valence electrons. The van der Waals surface area contributed by atoms with Crippen LogP contribution in [0.1, 0.15) is 234 Å². The average Bonchev–Trinajstić information content (AvgIpc) is 3.36. The van der Waals surface area contributed by atoms with Crippen molar-refractivity contribution < 1.29 is 33.4 Å². The summed E-state index contributed by atoms with van der Waals surface area (Å²) in [5.74, 6) is -1.12. The number of hydrogen-bond acceptors (Lipinski definition) is 7. The number of esters is 2. The van der Waals surface area contributed by atoms with Gasteiger partial charge < -0.3 is 24.8 Å². The largest absolute Gasteiger partial charge is 0.465 e. The second-order valence-corrected chi connectivity index (χ2v) is 20.4. The highest BCUT2D eigenvalue weighted by atomic mass is 16.5. The third-order valence-corrected chi connectivity index (χ3v) is 13.4. The zero-order chi connectivity index (χ0) is 51.6. The Bertz CT molecular complexity index is 1600. The highest BCUT2D eigenvalue weighted by molar-refractivity contribution is 5.93. The number of hydrogen-bond donors (Lipinski definition) is 2. The van der Waals surface area contributed by atoms with Crippen molar-refractivity contribution in [3.05, 3.63) is 72.8 Å². The molecule has 2 N–H and O–H groups in total. The van der Waals surface area contributed by atoms with E-state index in [2.05, 4.69) is 48.8 Å². The maximum atomic E-state index is 13.0. The van der Waals surface area contributed by atoms with Crippen molar-refractivity contribution in [1.82, 2.24) is 0 Å². The zero-order valence-corrected chi connectivity index (χ0v) is 45.7. The van der Waals surface area contributed by atoms with Crippen molar-refractivity contribution in [1.29, 1.82) is 0 Å². The minimum atomic E-state index is -0.372. The second-order valence-electron chi connectivity index (χ2n) is 20.4. The molecule has 4 atom stereocenters. The Balaban J connectivity index is 1.54. The van der Waals surface area contributed by atoms with E-state index in [0.29, 0.717) is 48.9 Å². The minimum Gasteiger partial charge on any atom is -0.465 e. The van der Waals surface area contributed by atoms with Crippen LogP contribution in [0.4, 0.5) is 11.4 Å². The first-order valence-electron chi connectivity index (χ1n) is 28.7. The van der Waals surface area contributed by atoms with Crippen LogP contribution >= 0.6 is 0 Å². The summed E-state index contributed by atoms with van der Waals surface area (Å²) in [6.07, 6.45) is 44.8. The molecule has 4 unspecified atom stereocenters. The maximum absolute atomic E-state index is 13.0. The Labute approximate surface area is 432 Å². The molecular formula is C62H100N2O7. The third-order valence-electron chi connectivity index (χ3n) is 13.4. The molecular weight excluding hydrogens is 885 g/mol. The zero-order valence-electron chi connectivity index (χ0n) is 45.7. The van der Waals surface area contributed by atoms with Gasteiger partial charge in [0.2, 0.25) is 11.8 Å². The van der Waals surface area contributed by atoms with Gasteiger partial charge in [-0.3, -0.25) is 19.2 Å². The molecule has 0 aromatic heterocycles. The molecule has 0 radical (unpaired) electrons. The topological polar surface area (TPSA) is 120 Å². The van der Waals surface area contributed by atoms with Crippen LogP contribution in [0.2, 0.25) is 0 Å². The van der Waals surface area contributed by atoms with Gasteiger partial charge >= 0.3 is 11.9 Å². The number of rotatable bonds is 44. The van der Waals surface area contributed by atoms with Gasteiger partial charge in [0.25, 0.3) is 0 Å². The van der Waals surface area contributed by atoms with Crippen LogP contribution in [0.3, 0.4) is 0 Å². The van der Waals surface area contributed by atoms with Gasteiger partial charge in [0.05, 0.1) is 25.0 Å². The Kier molecular flexibility index (Phi) is 37.2. The molecule has 0 saturated heterocycles. The number of anilines is 2. The third kappa shape index (κ3) is 33.1. The van der Waals surface area contributed by atoms with Gasteiger partial charge in [0.1, 0.15) is 11.5 Å². The predicted octanol–water partition coefficient (Wildman–Crippen LogP) is 17.8.